The second kappa shape index (κ2) is 10.2. The number of likely N-dealkylation sites (N-methyl/N-ethyl adjacent to an activating group) is 1. The van der Waals surface area contributed by atoms with E-state index < -0.39 is 0 Å². The lowest BCUT2D eigenvalue weighted by atomic mass is 9.96. The van der Waals surface area contributed by atoms with Crippen LogP contribution < -0.4 is 10.6 Å². The summed E-state index contributed by atoms with van der Waals surface area (Å²) in [6, 6.07) is 12.2. The van der Waals surface area contributed by atoms with Gasteiger partial charge < -0.3 is 15.5 Å². The van der Waals surface area contributed by atoms with E-state index in [1.807, 2.05) is 37.4 Å². The first-order valence-electron chi connectivity index (χ1n) is 9.88. The lowest BCUT2D eigenvalue weighted by Crippen LogP contribution is -2.88. The highest BCUT2D eigenvalue weighted by atomic mass is 19.1. The first-order chi connectivity index (χ1) is 13.7. The van der Waals surface area contributed by atoms with Gasteiger partial charge in [-0.2, -0.15) is 0 Å². The van der Waals surface area contributed by atoms with Gasteiger partial charge in [0, 0.05) is 24.2 Å². The van der Waals surface area contributed by atoms with Crippen LogP contribution >= 0.6 is 0 Å². The van der Waals surface area contributed by atoms with E-state index in [-0.39, 0.29) is 42.7 Å². The minimum atomic E-state index is -0.276. The number of benzene rings is 2. The number of nitrogens with two attached hydrogens (primary N) is 1. The average molecular weight is 401 g/mol. The molecule has 2 amide bonds. The number of aryl methyl sites for hydroxylation is 2. The highest BCUT2D eigenvalue weighted by Crippen LogP contribution is 2.19. The average Bonchev–Trinajstić information content (AvgIpc) is 2.66. The SMILES string of the molecule is Cc1cccc(C)c1NC(=O)CN(C)C(=O)C[NH2+][C@@H](c1ccc(F)cc1)C(C)C. The molecule has 0 unspecified atom stereocenters. The van der Waals surface area contributed by atoms with Crippen molar-refractivity contribution in [2.24, 2.45) is 5.92 Å². The Morgan fingerprint density at radius 2 is 1.66 bits per heavy atom. The number of rotatable bonds is 8. The molecule has 0 aliphatic carbocycles. The van der Waals surface area contributed by atoms with Crippen LogP contribution in [0, 0.1) is 25.6 Å². The monoisotopic (exact) mass is 400 g/mol. The van der Waals surface area contributed by atoms with Gasteiger partial charge in [0.15, 0.2) is 6.54 Å². The smallest absolute Gasteiger partial charge is 0.277 e. The minimum absolute atomic E-state index is 0.0106. The number of quaternary nitrogens is 1. The van der Waals surface area contributed by atoms with Crippen molar-refractivity contribution in [3.8, 4) is 0 Å². The van der Waals surface area contributed by atoms with Crippen molar-refractivity contribution in [3.05, 3.63) is 65.0 Å². The molecule has 0 spiro atoms. The van der Waals surface area contributed by atoms with E-state index in [2.05, 4.69) is 19.2 Å². The van der Waals surface area contributed by atoms with Gasteiger partial charge in [0.25, 0.3) is 5.91 Å². The summed E-state index contributed by atoms with van der Waals surface area (Å²) in [6.45, 7) is 8.21. The Morgan fingerprint density at radius 1 is 1.07 bits per heavy atom. The summed E-state index contributed by atoms with van der Waals surface area (Å²) in [5.41, 5.74) is 3.74. The van der Waals surface area contributed by atoms with Crippen LogP contribution in [0.3, 0.4) is 0 Å². The molecule has 0 radical (unpaired) electrons. The molecule has 2 rings (SSSR count). The van der Waals surface area contributed by atoms with Crippen molar-refractivity contribution in [2.45, 2.75) is 33.7 Å². The number of carbonyl (C=O) groups excluding carboxylic acids is 2. The number of nitrogens with zero attached hydrogens (tertiary/aromatic N) is 1. The highest BCUT2D eigenvalue weighted by Gasteiger charge is 2.22. The Kier molecular flexibility index (Phi) is 7.91. The predicted octanol–water partition coefficient (Wildman–Crippen LogP) is 2.80. The van der Waals surface area contributed by atoms with Crippen LogP contribution in [0.25, 0.3) is 0 Å². The van der Waals surface area contributed by atoms with Gasteiger partial charge in [-0.15, -0.1) is 0 Å². The van der Waals surface area contributed by atoms with E-state index in [9.17, 15) is 14.0 Å². The Morgan fingerprint density at radius 3 is 2.21 bits per heavy atom. The Hall–Kier alpha value is -2.73. The zero-order valence-electron chi connectivity index (χ0n) is 17.8. The van der Waals surface area contributed by atoms with Crippen molar-refractivity contribution in [1.29, 1.82) is 0 Å². The summed E-state index contributed by atoms with van der Waals surface area (Å²) in [5.74, 6) is -0.362. The molecule has 156 valence electrons. The van der Waals surface area contributed by atoms with Gasteiger partial charge in [-0.1, -0.05) is 44.2 Å². The third-order valence-corrected chi connectivity index (χ3v) is 5.07. The predicted molar refractivity (Wildman–Crippen MR) is 113 cm³/mol. The van der Waals surface area contributed by atoms with Crippen LogP contribution in [0.5, 0.6) is 0 Å². The van der Waals surface area contributed by atoms with Gasteiger partial charge in [-0.05, 0) is 37.1 Å². The third kappa shape index (κ3) is 6.39. The molecule has 0 saturated carbocycles. The number of nitrogens with one attached hydrogen (secondary N) is 1. The maximum Gasteiger partial charge on any atom is 0.277 e. The number of para-hydroxylation sites is 1. The fraction of sp³-hybridized carbons (Fsp3) is 0.391. The van der Waals surface area contributed by atoms with Crippen LogP contribution in [-0.2, 0) is 9.59 Å². The molecule has 0 saturated heterocycles. The van der Waals surface area contributed by atoms with E-state index in [0.717, 1.165) is 22.4 Å². The molecule has 6 heteroatoms. The Balaban J connectivity index is 1.92. The summed E-state index contributed by atoms with van der Waals surface area (Å²) in [6.07, 6.45) is 0. The molecule has 0 aliphatic heterocycles. The van der Waals surface area contributed by atoms with Gasteiger partial charge in [-0.3, -0.25) is 9.59 Å². The van der Waals surface area contributed by atoms with Crippen LogP contribution in [0.1, 0.15) is 36.6 Å². The zero-order chi connectivity index (χ0) is 21.6. The molecule has 3 N–H and O–H groups in total. The Bertz CT molecular complexity index is 829. The molecule has 5 nitrogen and oxygen atoms in total. The van der Waals surface area contributed by atoms with Crippen molar-refractivity contribution >= 4 is 17.5 Å². The number of halogens is 1. The second-order valence-electron chi connectivity index (χ2n) is 7.83. The third-order valence-electron chi connectivity index (χ3n) is 5.07. The maximum absolute atomic E-state index is 13.2. The van der Waals surface area contributed by atoms with Crippen LogP contribution in [0.2, 0.25) is 0 Å². The zero-order valence-corrected chi connectivity index (χ0v) is 17.8. The molecular weight excluding hydrogens is 369 g/mol. The lowest BCUT2D eigenvalue weighted by Gasteiger charge is -2.22. The van der Waals surface area contributed by atoms with Crippen molar-refractivity contribution in [3.63, 3.8) is 0 Å². The first-order valence-corrected chi connectivity index (χ1v) is 9.88. The maximum atomic E-state index is 13.2. The number of hydrogen-bond acceptors (Lipinski definition) is 2. The lowest BCUT2D eigenvalue weighted by molar-refractivity contribution is -0.692. The molecular formula is C23H31FN3O2+. The molecule has 0 aromatic heterocycles. The van der Waals surface area contributed by atoms with E-state index in [0.29, 0.717) is 0 Å². The van der Waals surface area contributed by atoms with Crippen LogP contribution in [-0.4, -0.2) is 36.9 Å². The summed E-state index contributed by atoms with van der Waals surface area (Å²) < 4.78 is 13.2. The van der Waals surface area contributed by atoms with Gasteiger partial charge in [0.1, 0.15) is 11.9 Å². The van der Waals surface area contributed by atoms with Crippen LogP contribution in [0.15, 0.2) is 42.5 Å². The normalized spacial score (nSPS) is 12.0. The first kappa shape index (κ1) is 22.6. The van der Waals surface area contributed by atoms with Crippen LogP contribution in [0.4, 0.5) is 10.1 Å². The van der Waals surface area contributed by atoms with Crippen molar-refractivity contribution in [2.75, 3.05) is 25.5 Å². The fourth-order valence-electron chi connectivity index (χ4n) is 3.36. The summed E-state index contributed by atoms with van der Waals surface area (Å²) in [7, 11) is 1.63. The number of hydrogen-bond donors (Lipinski definition) is 2. The van der Waals surface area contributed by atoms with E-state index >= 15 is 0 Å². The number of carbonyl (C=O) groups is 2. The van der Waals surface area contributed by atoms with Crippen molar-refractivity contribution < 1.29 is 19.3 Å². The van der Waals surface area contributed by atoms with Crippen molar-refractivity contribution in [1.82, 2.24) is 4.90 Å². The van der Waals surface area contributed by atoms with Gasteiger partial charge in [-0.25, -0.2) is 4.39 Å². The summed E-state index contributed by atoms with van der Waals surface area (Å²) in [4.78, 5) is 26.3. The molecule has 2 aromatic carbocycles. The number of anilines is 1. The number of amides is 2. The van der Waals surface area contributed by atoms with E-state index in [1.54, 1.807) is 19.2 Å². The topological polar surface area (TPSA) is 66.0 Å². The standard InChI is InChI=1S/C23H30FN3O2/c1-15(2)22(18-9-11-19(24)12-10-18)25-13-21(29)27(5)14-20(28)26-23-16(3)7-6-8-17(23)4/h6-12,15,22,25H,13-14H2,1-5H3,(H,26,28)/p+1/t22-/m1/s1. The second-order valence-corrected chi connectivity index (χ2v) is 7.83. The van der Waals surface area contributed by atoms with Gasteiger partial charge in [0.2, 0.25) is 5.91 Å². The molecule has 0 fully saturated rings. The Labute approximate surface area is 172 Å². The molecule has 0 aliphatic rings. The molecule has 0 heterocycles. The summed E-state index contributed by atoms with van der Waals surface area (Å²) in [5, 5.41) is 4.84. The quantitative estimate of drug-likeness (QED) is 0.716. The fourth-order valence-corrected chi connectivity index (χ4v) is 3.36. The molecule has 1 atom stereocenters. The molecule has 29 heavy (non-hydrogen) atoms. The minimum Gasteiger partial charge on any atom is -0.332 e. The molecule has 2 aromatic rings. The largest absolute Gasteiger partial charge is 0.332 e. The highest BCUT2D eigenvalue weighted by molar-refractivity contribution is 5.95. The van der Waals surface area contributed by atoms with E-state index in [4.69, 9.17) is 0 Å². The van der Waals surface area contributed by atoms with E-state index in [1.165, 1.54) is 17.0 Å². The van der Waals surface area contributed by atoms with Gasteiger partial charge >= 0.3 is 0 Å². The molecule has 0 bridgehead atoms. The van der Waals surface area contributed by atoms with Gasteiger partial charge in [0.05, 0.1) is 6.54 Å². The summed E-state index contributed by atoms with van der Waals surface area (Å²) >= 11 is 0.